The summed E-state index contributed by atoms with van der Waals surface area (Å²) in [5.41, 5.74) is 5.86. The van der Waals surface area contributed by atoms with E-state index in [1.54, 1.807) is 0 Å². The molecule has 0 radical (unpaired) electrons. The van der Waals surface area contributed by atoms with Crippen molar-refractivity contribution in [3.63, 3.8) is 0 Å². The maximum absolute atomic E-state index is 5.86. The fourth-order valence-electron chi connectivity index (χ4n) is 2.29. The highest BCUT2D eigenvalue weighted by atomic mass is 16.5. The molecule has 2 rings (SSSR count). The average Bonchev–Trinajstić information content (AvgIpc) is 2.51. The molecule has 2 aliphatic heterocycles. The van der Waals surface area contributed by atoms with Gasteiger partial charge in [-0.25, -0.2) is 0 Å². The van der Waals surface area contributed by atoms with Crippen LogP contribution in [0.15, 0.2) is 0 Å². The fraction of sp³-hybridized carbons (Fsp3) is 1.00. The second-order valence-electron chi connectivity index (χ2n) is 4.56. The van der Waals surface area contributed by atoms with Crippen LogP contribution in [0.1, 0.15) is 6.42 Å². The third-order valence-electron chi connectivity index (χ3n) is 3.11. The van der Waals surface area contributed by atoms with Gasteiger partial charge in [-0.1, -0.05) is 0 Å². The van der Waals surface area contributed by atoms with Gasteiger partial charge in [-0.2, -0.15) is 0 Å². The standard InChI is InChI=1S/C10H21N3O/c1-12-4-5-14-10(7-12)8-13-3-2-9(11)6-13/h9-10H,2-8,11H2,1H3. The lowest BCUT2D eigenvalue weighted by Gasteiger charge is -2.32. The average molecular weight is 199 g/mol. The molecule has 2 aliphatic rings. The molecule has 0 bridgehead atoms. The molecule has 2 saturated heterocycles. The summed E-state index contributed by atoms with van der Waals surface area (Å²) in [5.74, 6) is 0. The summed E-state index contributed by atoms with van der Waals surface area (Å²) >= 11 is 0. The molecule has 0 aromatic rings. The van der Waals surface area contributed by atoms with Gasteiger partial charge in [0.2, 0.25) is 0 Å². The van der Waals surface area contributed by atoms with Crippen LogP contribution in [0, 0.1) is 0 Å². The molecule has 4 nitrogen and oxygen atoms in total. The van der Waals surface area contributed by atoms with Gasteiger partial charge >= 0.3 is 0 Å². The van der Waals surface area contributed by atoms with Crippen molar-refractivity contribution in [2.45, 2.75) is 18.6 Å². The first-order valence-corrected chi connectivity index (χ1v) is 5.52. The van der Waals surface area contributed by atoms with Gasteiger partial charge in [0.15, 0.2) is 0 Å². The third-order valence-corrected chi connectivity index (χ3v) is 3.11. The Morgan fingerprint density at radius 2 is 2.21 bits per heavy atom. The van der Waals surface area contributed by atoms with E-state index in [1.807, 2.05) is 0 Å². The van der Waals surface area contributed by atoms with Crippen LogP contribution in [0.2, 0.25) is 0 Å². The molecular weight excluding hydrogens is 178 g/mol. The van der Waals surface area contributed by atoms with Gasteiger partial charge in [0.1, 0.15) is 0 Å². The normalized spacial score (nSPS) is 36.4. The maximum atomic E-state index is 5.86. The van der Waals surface area contributed by atoms with Crippen molar-refractivity contribution >= 4 is 0 Å². The molecule has 0 aromatic heterocycles. The minimum atomic E-state index is 0.385. The number of rotatable bonds is 2. The topological polar surface area (TPSA) is 41.7 Å². The zero-order valence-electron chi connectivity index (χ0n) is 8.98. The highest BCUT2D eigenvalue weighted by molar-refractivity contribution is 4.81. The van der Waals surface area contributed by atoms with Crippen LogP contribution in [0.3, 0.4) is 0 Å². The van der Waals surface area contributed by atoms with Gasteiger partial charge < -0.3 is 15.4 Å². The monoisotopic (exact) mass is 199 g/mol. The number of hydrogen-bond donors (Lipinski definition) is 1. The highest BCUT2D eigenvalue weighted by Gasteiger charge is 2.24. The van der Waals surface area contributed by atoms with Crippen molar-refractivity contribution in [1.82, 2.24) is 9.80 Å². The lowest BCUT2D eigenvalue weighted by Crippen LogP contribution is -2.45. The number of morpholine rings is 1. The molecule has 0 amide bonds. The second kappa shape index (κ2) is 4.57. The molecule has 0 saturated carbocycles. The third kappa shape index (κ3) is 2.67. The molecule has 4 heteroatoms. The Morgan fingerprint density at radius 1 is 1.36 bits per heavy atom. The first-order valence-electron chi connectivity index (χ1n) is 5.52. The van der Waals surface area contributed by atoms with Crippen LogP contribution in [0.4, 0.5) is 0 Å². The van der Waals surface area contributed by atoms with E-state index in [9.17, 15) is 0 Å². The molecule has 2 unspecified atom stereocenters. The van der Waals surface area contributed by atoms with Gasteiger partial charge in [-0.3, -0.25) is 4.90 Å². The van der Waals surface area contributed by atoms with Crippen molar-refractivity contribution < 1.29 is 4.74 Å². The van der Waals surface area contributed by atoms with E-state index in [4.69, 9.17) is 10.5 Å². The zero-order valence-corrected chi connectivity index (χ0v) is 8.98. The summed E-state index contributed by atoms with van der Waals surface area (Å²) in [4.78, 5) is 4.76. The number of ether oxygens (including phenoxy) is 1. The number of likely N-dealkylation sites (N-methyl/N-ethyl adjacent to an activating group) is 1. The molecule has 2 atom stereocenters. The van der Waals surface area contributed by atoms with E-state index in [-0.39, 0.29) is 0 Å². The maximum Gasteiger partial charge on any atom is 0.0829 e. The molecule has 14 heavy (non-hydrogen) atoms. The number of nitrogens with two attached hydrogens (primary N) is 1. The number of likely N-dealkylation sites (tertiary alicyclic amines) is 1. The molecule has 2 heterocycles. The van der Waals surface area contributed by atoms with E-state index < -0.39 is 0 Å². The van der Waals surface area contributed by atoms with E-state index >= 15 is 0 Å². The summed E-state index contributed by atoms with van der Waals surface area (Å²) < 4.78 is 5.72. The van der Waals surface area contributed by atoms with Crippen molar-refractivity contribution in [3.8, 4) is 0 Å². The minimum absolute atomic E-state index is 0.385. The van der Waals surface area contributed by atoms with Crippen molar-refractivity contribution in [1.29, 1.82) is 0 Å². The lowest BCUT2D eigenvalue weighted by molar-refractivity contribution is -0.0329. The molecule has 2 fully saturated rings. The van der Waals surface area contributed by atoms with Crippen LogP contribution >= 0.6 is 0 Å². The molecule has 82 valence electrons. The van der Waals surface area contributed by atoms with Gasteiger partial charge in [0.05, 0.1) is 12.7 Å². The first-order chi connectivity index (χ1) is 6.74. The van der Waals surface area contributed by atoms with Crippen LogP contribution in [-0.4, -0.2) is 68.3 Å². The Bertz CT molecular complexity index is 188. The first kappa shape index (κ1) is 10.4. The van der Waals surface area contributed by atoms with Gasteiger partial charge in [-0.15, -0.1) is 0 Å². The molecule has 0 aromatic carbocycles. The van der Waals surface area contributed by atoms with E-state index in [0.29, 0.717) is 12.1 Å². The Kier molecular flexibility index (Phi) is 3.38. The Hall–Kier alpha value is -0.160. The Balaban J connectivity index is 1.74. The molecule has 0 aliphatic carbocycles. The predicted octanol–water partition coefficient (Wildman–Crippen LogP) is -0.650. The lowest BCUT2D eigenvalue weighted by atomic mass is 10.2. The second-order valence-corrected chi connectivity index (χ2v) is 4.56. The fourth-order valence-corrected chi connectivity index (χ4v) is 2.29. The van der Waals surface area contributed by atoms with Crippen molar-refractivity contribution in [2.24, 2.45) is 5.73 Å². The SMILES string of the molecule is CN1CCOC(CN2CCC(N)C2)C1. The minimum Gasteiger partial charge on any atom is -0.374 e. The number of hydrogen-bond acceptors (Lipinski definition) is 4. The van der Waals surface area contributed by atoms with Crippen LogP contribution in [0.5, 0.6) is 0 Å². The summed E-state index contributed by atoms with van der Waals surface area (Å²) in [5, 5.41) is 0. The summed E-state index contributed by atoms with van der Waals surface area (Å²) in [6, 6.07) is 0.385. The van der Waals surface area contributed by atoms with Crippen molar-refractivity contribution in [2.75, 3.05) is 46.4 Å². The summed E-state index contributed by atoms with van der Waals surface area (Å²) in [6.07, 6.45) is 1.53. The van der Waals surface area contributed by atoms with Gasteiger partial charge in [-0.05, 0) is 20.0 Å². The smallest absolute Gasteiger partial charge is 0.0829 e. The van der Waals surface area contributed by atoms with Crippen LogP contribution in [-0.2, 0) is 4.74 Å². The van der Waals surface area contributed by atoms with Crippen molar-refractivity contribution in [3.05, 3.63) is 0 Å². The number of nitrogens with zero attached hydrogens (tertiary/aromatic N) is 2. The predicted molar refractivity (Wildman–Crippen MR) is 56.3 cm³/mol. The largest absolute Gasteiger partial charge is 0.374 e. The Morgan fingerprint density at radius 3 is 2.86 bits per heavy atom. The molecule has 0 spiro atoms. The molecule has 2 N–H and O–H groups in total. The van der Waals surface area contributed by atoms with Gasteiger partial charge in [0, 0.05) is 32.2 Å². The Labute approximate surface area is 86.0 Å². The van der Waals surface area contributed by atoms with E-state index in [2.05, 4.69) is 16.8 Å². The zero-order chi connectivity index (χ0) is 9.97. The van der Waals surface area contributed by atoms with E-state index in [1.165, 1.54) is 0 Å². The van der Waals surface area contributed by atoms with E-state index in [0.717, 1.165) is 45.8 Å². The van der Waals surface area contributed by atoms with Crippen LogP contribution in [0.25, 0.3) is 0 Å². The summed E-state index contributed by atoms with van der Waals surface area (Å²) in [6.45, 7) is 6.25. The van der Waals surface area contributed by atoms with Gasteiger partial charge in [0.25, 0.3) is 0 Å². The molecular formula is C10H21N3O. The quantitative estimate of drug-likeness (QED) is 0.642. The van der Waals surface area contributed by atoms with Crippen LogP contribution < -0.4 is 5.73 Å². The highest BCUT2D eigenvalue weighted by Crippen LogP contribution is 2.11. The summed E-state index contributed by atoms with van der Waals surface area (Å²) in [7, 11) is 2.16.